The monoisotopic (exact) mass is 281 g/mol. The maximum atomic E-state index is 5.22. The maximum absolute atomic E-state index is 5.22. The Morgan fingerprint density at radius 3 is 2.94 bits per heavy atom. The van der Waals surface area contributed by atoms with E-state index >= 15 is 0 Å². The first-order chi connectivity index (χ1) is 7.79. The zero-order valence-corrected chi connectivity index (χ0v) is 10.5. The van der Waals surface area contributed by atoms with Crippen LogP contribution in [0.5, 0.6) is 5.75 Å². The second-order valence-corrected chi connectivity index (χ2v) is 4.19. The van der Waals surface area contributed by atoms with Crippen LogP contribution in [0.3, 0.4) is 0 Å². The second kappa shape index (κ2) is 5.07. The lowest BCUT2D eigenvalue weighted by Crippen LogP contribution is -1.98. The van der Waals surface area contributed by atoms with Crippen LogP contribution in [0, 0.1) is 0 Å². The number of methoxy groups -OCH3 is 1. The lowest BCUT2D eigenvalue weighted by molar-refractivity contribution is 0.412. The standard InChI is InChI=1S/C12H12BrNO2/c1-15-12-6-10(2-3-11(12)13)14-7-9-4-5-16-8-9/h2-6,8,14H,7H2,1H3. The van der Waals surface area contributed by atoms with Gasteiger partial charge in [0.1, 0.15) is 5.75 Å². The van der Waals surface area contributed by atoms with Crippen LogP contribution in [0.15, 0.2) is 45.7 Å². The molecule has 0 bridgehead atoms. The van der Waals surface area contributed by atoms with E-state index in [1.807, 2.05) is 24.3 Å². The van der Waals surface area contributed by atoms with Crippen molar-refractivity contribution in [3.8, 4) is 5.75 Å². The fourth-order valence-electron chi connectivity index (χ4n) is 1.37. The number of benzene rings is 1. The predicted octanol–water partition coefficient (Wildman–Crippen LogP) is 3.66. The van der Waals surface area contributed by atoms with Gasteiger partial charge in [0.25, 0.3) is 0 Å². The van der Waals surface area contributed by atoms with Gasteiger partial charge in [0, 0.05) is 23.9 Å². The number of nitrogens with one attached hydrogen (secondary N) is 1. The van der Waals surface area contributed by atoms with E-state index in [0.29, 0.717) is 0 Å². The summed E-state index contributed by atoms with van der Waals surface area (Å²) in [7, 11) is 1.65. The predicted molar refractivity (Wildman–Crippen MR) is 66.7 cm³/mol. The molecule has 0 amide bonds. The Morgan fingerprint density at radius 1 is 1.38 bits per heavy atom. The Kier molecular flexibility index (Phi) is 3.51. The third-order valence-electron chi connectivity index (χ3n) is 2.23. The molecule has 2 rings (SSSR count). The molecule has 1 N–H and O–H groups in total. The van der Waals surface area contributed by atoms with Crippen LogP contribution < -0.4 is 10.1 Å². The largest absolute Gasteiger partial charge is 0.495 e. The van der Waals surface area contributed by atoms with Crippen molar-refractivity contribution in [3.63, 3.8) is 0 Å². The highest BCUT2D eigenvalue weighted by molar-refractivity contribution is 9.10. The number of ether oxygens (including phenoxy) is 1. The van der Waals surface area contributed by atoms with E-state index in [0.717, 1.165) is 28.0 Å². The molecule has 0 fully saturated rings. The van der Waals surface area contributed by atoms with Gasteiger partial charge in [-0.15, -0.1) is 0 Å². The highest BCUT2D eigenvalue weighted by atomic mass is 79.9. The summed E-state index contributed by atoms with van der Waals surface area (Å²) in [6.07, 6.45) is 3.39. The summed E-state index contributed by atoms with van der Waals surface area (Å²) in [5, 5.41) is 3.29. The number of hydrogen-bond donors (Lipinski definition) is 1. The third-order valence-corrected chi connectivity index (χ3v) is 2.88. The number of furan rings is 1. The SMILES string of the molecule is COc1cc(NCc2ccoc2)ccc1Br. The molecule has 16 heavy (non-hydrogen) atoms. The molecule has 0 atom stereocenters. The van der Waals surface area contributed by atoms with Crippen molar-refractivity contribution in [2.24, 2.45) is 0 Å². The van der Waals surface area contributed by atoms with E-state index < -0.39 is 0 Å². The summed E-state index contributed by atoms with van der Waals surface area (Å²) in [4.78, 5) is 0. The Bertz CT molecular complexity index is 454. The fourth-order valence-corrected chi connectivity index (χ4v) is 1.78. The highest BCUT2D eigenvalue weighted by Crippen LogP contribution is 2.27. The third kappa shape index (κ3) is 2.58. The second-order valence-electron chi connectivity index (χ2n) is 3.33. The highest BCUT2D eigenvalue weighted by Gasteiger charge is 2.01. The van der Waals surface area contributed by atoms with Crippen molar-refractivity contribution >= 4 is 21.6 Å². The summed E-state index contributed by atoms with van der Waals surface area (Å²) >= 11 is 3.41. The summed E-state index contributed by atoms with van der Waals surface area (Å²) < 4.78 is 11.2. The molecule has 0 saturated heterocycles. The molecule has 0 unspecified atom stereocenters. The number of halogens is 1. The van der Waals surface area contributed by atoms with E-state index in [-0.39, 0.29) is 0 Å². The quantitative estimate of drug-likeness (QED) is 0.929. The van der Waals surface area contributed by atoms with Gasteiger partial charge in [-0.1, -0.05) is 0 Å². The van der Waals surface area contributed by atoms with Gasteiger partial charge < -0.3 is 14.5 Å². The van der Waals surface area contributed by atoms with Crippen molar-refractivity contribution in [1.82, 2.24) is 0 Å². The minimum Gasteiger partial charge on any atom is -0.495 e. The molecule has 1 aromatic carbocycles. The molecule has 0 aliphatic rings. The number of hydrogen-bond acceptors (Lipinski definition) is 3. The zero-order chi connectivity index (χ0) is 11.4. The van der Waals surface area contributed by atoms with Crippen LogP contribution in [0.4, 0.5) is 5.69 Å². The topological polar surface area (TPSA) is 34.4 Å². The van der Waals surface area contributed by atoms with Crippen molar-refractivity contribution in [3.05, 3.63) is 46.8 Å². The molecule has 4 heteroatoms. The van der Waals surface area contributed by atoms with Crippen LogP contribution in [0.25, 0.3) is 0 Å². The maximum Gasteiger partial charge on any atom is 0.135 e. The number of anilines is 1. The average Bonchev–Trinajstić information content (AvgIpc) is 2.81. The van der Waals surface area contributed by atoms with E-state index in [9.17, 15) is 0 Å². The molecule has 0 saturated carbocycles. The van der Waals surface area contributed by atoms with Gasteiger partial charge in [0.05, 0.1) is 24.1 Å². The Balaban J connectivity index is 2.04. The first-order valence-corrected chi connectivity index (χ1v) is 5.67. The van der Waals surface area contributed by atoms with Crippen LogP contribution in [0.1, 0.15) is 5.56 Å². The summed E-state index contributed by atoms with van der Waals surface area (Å²) in [6, 6.07) is 7.83. The fraction of sp³-hybridized carbons (Fsp3) is 0.167. The van der Waals surface area contributed by atoms with E-state index in [1.54, 1.807) is 19.6 Å². The van der Waals surface area contributed by atoms with Gasteiger partial charge >= 0.3 is 0 Å². The molecule has 1 aromatic heterocycles. The number of rotatable bonds is 4. The van der Waals surface area contributed by atoms with Crippen LogP contribution >= 0.6 is 15.9 Å². The first-order valence-electron chi connectivity index (χ1n) is 4.88. The van der Waals surface area contributed by atoms with Gasteiger partial charge in [-0.3, -0.25) is 0 Å². The molecule has 2 aromatic rings. The molecule has 3 nitrogen and oxygen atoms in total. The average molecular weight is 282 g/mol. The molecule has 0 aliphatic carbocycles. The molecule has 84 valence electrons. The van der Waals surface area contributed by atoms with Gasteiger partial charge in [0.15, 0.2) is 0 Å². The first kappa shape index (κ1) is 11.1. The lowest BCUT2D eigenvalue weighted by Gasteiger charge is -2.08. The molecule has 1 heterocycles. The van der Waals surface area contributed by atoms with Gasteiger partial charge in [-0.05, 0) is 34.1 Å². The molecular formula is C12H12BrNO2. The van der Waals surface area contributed by atoms with Crippen molar-refractivity contribution < 1.29 is 9.15 Å². The Labute approximate surface area is 103 Å². The van der Waals surface area contributed by atoms with Gasteiger partial charge in [-0.25, -0.2) is 0 Å². The summed E-state index contributed by atoms with van der Waals surface area (Å²) in [6.45, 7) is 0.737. The summed E-state index contributed by atoms with van der Waals surface area (Å²) in [5.41, 5.74) is 2.13. The van der Waals surface area contributed by atoms with Crippen LogP contribution in [-0.4, -0.2) is 7.11 Å². The minimum atomic E-state index is 0.737. The van der Waals surface area contributed by atoms with Crippen molar-refractivity contribution in [1.29, 1.82) is 0 Å². The van der Waals surface area contributed by atoms with E-state index in [4.69, 9.17) is 9.15 Å². The Hall–Kier alpha value is -1.42. The zero-order valence-electron chi connectivity index (χ0n) is 8.87. The molecule has 0 spiro atoms. The van der Waals surface area contributed by atoms with Crippen molar-refractivity contribution in [2.75, 3.05) is 12.4 Å². The normalized spacial score (nSPS) is 10.1. The lowest BCUT2D eigenvalue weighted by atomic mass is 10.3. The van der Waals surface area contributed by atoms with Crippen LogP contribution in [0.2, 0.25) is 0 Å². The van der Waals surface area contributed by atoms with Gasteiger partial charge in [0.2, 0.25) is 0 Å². The molecule has 0 aliphatic heterocycles. The van der Waals surface area contributed by atoms with E-state index in [1.165, 1.54) is 0 Å². The molecular weight excluding hydrogens is 270 g/mol. The smallest absolute Gasteiger partial charge is 0.135 e. The molecule has 0 radical (unpaired) electrons. The van der Waals surface area contributed by atoms with E-state index in [2.05, 4.69) is 21.2 Å². The van der Waals surface area contributed by atoms with Gasteiger partial charge in [-0.2, -0.15) is 0 Å². The van der Waals surface area contributed by atoms with Crippen molar-refractivity contribution in [2.45, 2.75) is 6.54 Å². The minimum absolute atomic E-state index is 0.737. The summed E-state index contributed by atoms with van der Waals surface area (Å²) in [5.74, 6) is 0.817. The van der Waals surface area contributed by atoms with Crippen LogP contribution in [-0.2, 0) is 6.54 Å². The Morgan fingerprint density at radius 2 is 2.25 bits per heavy atom.